The Morgan fingerprint density at radius 1 is 0.772 bits per heavy atom. The van der Waals surface area contributed by atoms with Crippen LogP contribution >= 0.6 is 0 Å². The van der Waals surface area contributed by atoms with Crippen molar-refractivity contribution in [3.8, 4) is 11.5 Å². The Kier molecular flexibility index (Phi) is 11.6. The molecular formula is C40H37N3O12S2. The fourth-order valence-electron chi connectivity index (χ4n) is 6.74. The molecule has 17 heteroatoms. The van der Waals surface area contributed by atoms with Crippen LogP contribution in [0.15, 0.2) is 113 Å². The summed E-state index contributed by atoms with van der Waals surface area (Å²) in [6.45, 7) is -2.15. The SMILES string of the molecule is COc1ccc(S(=O)(=O)N(CC(=O)O)c2c(CCCN3C(=O)c4ccccc4C3=O)cc(N(C(C=O)CO)S(=O)(=O)c3ccc(OC)cc3)c3ccccc23)cc1. The third-order valence-electron chi connectivity index (χ3n) is 9.45. The van der Waals surface area contributed by atoms with Gasteiger partial charge in [0.25, 0.3) is 31.9 Å². The number of benzene rings is 5. The van der Waals surface area contributed by atoms with Gasteiger partial charge in [-0.25, -0.2) is 16.8 Å². The number of ether oxygens (including phenoxy) is 2. The molecule has 0 radical (unpaired) electrons. The van der Waals surface area contributed by atoms with Gasteiger partial charge >= 0.3 is 5.97 Å². The van der Waals surface area contributed by atoms with Crippen LogP contribution in [-0.4, -0.2) is 96.0 Å². The van der Waals surface area contributed by atoms with Crippen LogP contribution in [0.3, 0.4) is 0 Å². The molecule has 6 rings (SSSR count). The van der Waals surface area contributed by atoms with E-state index in [0.717, 1.165) is 9.21 Å². The maximum absolute atomic E-state index is 14.5. The van der Waals surface area contributed by atoms with Gasteiger partial charge in [-0.3, -0.25) is 27.9 Å². The summed E-state index contributed by atoms with van der Waals surface area (Å²) in [5, 5.41) is 20.7. The molecular weight excluding hydrogens is 779 g/mol. The monoisotopic (exact) mass is 815 g/mol. The van der Waals surface area contributed by atoms with Crippen molar-refractivity contribution in [1.29, 1.82) is 0 Å². The van der Waals surface area contributed by atoms with E-state index in [1.165, 1.54) is 93.1 Å². The maximum atomic E-state index is 14.5. The summed E-state index contributed by atoms with van der Waals surface area (Å²) >= 11 is 0. The molecule has 1 aliphatic rings. The Balaban J connectivity index is 1.58. The van der Waals surface area contributed by atoms with Gasteiger partial charge in [0.1, 0.15) is 30.4 Å². The minimum atomic E-state index is -4.68. The molecule has 1 atom stereocenters. The number of amides is 2. The van der Waals surface area contributed by atoms with Gasteiger partial charge in [0.05, 0.1) is 53.1 Å². The number of aliphatic hydroxyl groups is 1. The number of carbonyl (C=O) groups excluding carboxylic acids is 3. The normalized spacial score (nSPS) is 13.3. The van der Waals surface area contributed by atoms with Crippen molar-refractivity contribution in [2.45, 2.75) is 28.7 Å². The lowest BCUT2D eigenvalue weighted by atomic mass is 9.98. The molecule has 0 bridgehead atoms. The number of nitrogens with zero attached hydrogens (tertiary/aromatic N) is 3. The first-order chi connectivity index (χ1) is 27.3. The molecule has 296 valence electrons. The molecule has 1 heterocycles. The van der Waals surface area contributed by atoms with E-state index < -0.39 is 57.0 Å². The quantitative estimate of drug-likeness (QED) is 0.101. The van der Waals surface area contributed by atoms with E-state index in [-0.39, 0.29) is 74.3 Å². The number of hydrogen-bond donors (Lipinski definition) is 2. The smallest absolute Gasteiger partial charge is 0.324 e. The zero-order chi connectivity index (χ0) is 41.1. The van der Waals surface area contributed by atoms with Gasteiger partial charge in [-0.1, -0.05) is 36.4 Å². The summed E-state index contributed by atoms with van der Waals surface area (Å²) in [5.74, 6) is -1.88. The molecule has 0 aliphatic carbocycles. The average molecular weight is 816 g/mol. The molecule has 0 saturated carbocycles. The van der Waals surface area contributed by atoms with Crippen molar-refractivity contribution < 1.29 is 55.7 Å². The van der Waals surface area contributed by atoms with Crippen LogP contribution in [0, 0.1) is 0 Å². The third kappa shape index (κ3) is 7.64. The molecule has 0 aromatic heterocycles. The standard InChI is InChI=1S/C40H37N3O12S2/c1-54-28-13-17-30(18-14-28)56(50,51)42(23-37(46)47)38-26(8-7-21-41-39(48)34-11-5-6-12-35(34)40(41)49)22-36(32-9-3-4-10-33(32)38)43(27(24-44)25-45)57(52,53)31-19-15-29(55-2)16-20-31/h3-6,9-20,22,24,27,45H,7-8,21,23,25H2,1-2H3,(H,46,47). The highest BCUT2D eigenvalue weighted by atomic mass is 32.2. The number of carboxylic acid groups (broad SMARTS) is 1. The van der Waals surface area contributed by atoms with Crippen LogP contribution in [0.2, 0.25) is 0 Å². The number of methoxy groups -OCH3 is 2. The highest BCUT2D eigenvalue weighted by Gasteiger charge is 2.38. The van der Waals surface area contributed by atoms with Crippen molar-refractivity contribution in [2.24, 2.45) is 0 Å². The van der Waals surface area contributed by atoms with Gasteiger partial charge in [0.15, 0.2) is 0 Å². The Hall–Kier alpha value is -6.30. The van der Waals surface area contributed by atoms with Gasteiger partial charge in [0.2, 0.25) is 0 Å². The first-order valence-corrected chi connectivity index (χ1v) is 20.3. The number of imide groups is 1. The van der Waals surface area contributed by atoms with Crippen LogP contribution in [0.4, 0.5) is 11.4 Å². The van der Waals surface area contributed by atoms with Crippen LogP contribution in [0.25, 0.3) is 10.8 Å². The largest absolute Gasteiger partial charge is 0.497 e. The highest BCUT2D eigenvalue weighted by Crippen LogP contribution is 2.43. The number of hydrogen-bond acceptors (Lipinski definition) is 11. The second-order valence-electron chi connectivity index (χ2n) is 12.8. The van der Waals surface area contributed by atoms with Crippen molar-refractivity contribution >= 4 is 66.3 Å². The molecule has 15 nitrogen and oxygen atoms in total. The Morgan fingerprint density at radius 2 is 1.28 bits per heavy atom. The van der Waals surface area contributed by atoms with Crippen molar-refractivity contribution in [1.82, 2.24) is 4.90 Å². The molecule has 5 aromatic carbocycles. The first kappa shape index (κ1) is 40.4. The summed E-state index contributed by atoms with van der Waals surface area (Å²) in [6.07, 6.45) is 0.148. The molecule has 0 spiro atoms. The van der Waals surface area contributed by atoms with Gasteiger partial charge in [-0.2, -0.15) is 0 Å². The van der Waals surface area contributed by atoms with Gasteiger partial charge in [-0.15, -0.1) is 0 Å². The zero-order valence-electron chi connectivity index (χ0n) is 30.6. The van der Waals surface area contributed by atoms with E-state index in [1.54, 1.807) is 24.3 Å². The number of aliphatic carboxylic acids is 1. The van der Waals surface area contributed by atoms with E-state index in [0.29, 0.717) is 15.8 Å². The first-order valence-electron chi connectivity index (χ1n) is 17.4. The third-order valence-corrected chi connectivity index (χ3v) is 13.1. The molecule has 5 aromatic rings. The average Bonchev–Trinajstić information content (AvgIpc) is 3.46. The molecule has 2 N–H and O–H groups in total. The van der Waals surface area contributed by atoms with Crippen LogP contribution in [-0.2, 0) is 36.1 Å². The van der Waals surface area contributed by atoms with Gasteiger partial charge in [-0.05, 0) is 85.1 Å². The number of fused-ring (bicyclic) bond motifs is 2. The molecule has 1 aliphatic heterocycles. The summed E-state index contributed by atoms with van der Waals surface area (Å²) in [5.41, 5.74) is 0.277. The van der Waals surface area contributed by atoms with Crippen molar-refractivity contribution in [2.75, 3.05) is 42.5 Å². The maximum Gasteiger partial charge on any atom is 0.324 e. The topological polar surface area (TPSA) is 205 Å². The lowest BCUT2D eigenvalue weighted by Crippen LogP contribution is -2.44. The summed E-state index contributed by atoms with van der Waals surface area (Å²) in [6, 6.07) is 22.6. The number of aldehydes is 1. The van der Waals surface area contributed by atoms with Gasteiger partial charge in [0, 0.05) is 17.3 Å². The number of carbonyl (C=O) groups is 4. The van der Waals surface area contributed by atoms with Crippen LogP contribution in [0.1, 0.15) is 32.7 Å². The van der Waals surface area contributed by atoms with E-state index in [1.807, 2.05) is 0 Å². The van der Waals surface area contributed by atoms with E-state index in [9.17, 15) is 46.2 Å². The Morgan fingerprint density at radius 3 is 1.77 bits per heavy atom. The second kappa shape index (κ2) is 16.4. The van der Waals surface area contributed by atoms with E-state index in [2.05, 4.69) is 0 Å². The van der Waals surface area contributed by atoms with Crippen molar-refractivity contribution in [3.63, 3.8) is 0 Å². The molecule has 1 unspecified atom stereocenters. The number of carboxylic acids is 1. The second-order valence-corrected chi connectivity index (χ2v) is 16.5. The summed E-state index contributed by atoms with van der Waals surface area (Å²) < 4.78 is 69.8. The summed E-state index contributed by atoms with van der Waals surface area (Å²) in [7, 11) is -6.56. The zero-order valence-corrected chi connectivity index (χ0v) is 32.3. The predicted octanol–water partition coefficient (Wildman–Crippen LogP) is 4.12. The number of rotatable bonds is 17. The van der Waals surface area contributed by atoms with Crippen LogP contribution < -0.4 is 18.1 Å². The number of aliphatic hydroxyl groups excluding tert-OH is 1. The number of sulfonamides is 2. The highest BCUT2D eigenvalue weighted by molar-refractivity contribution is 7.93. The molecule has 0 saturated heterocycles. The summed E-state index contributed by atoms with van der Waals surface area (Å²) in [4.78, 5) is 52.0. The minimum Gasteiger partial charge on any atom is -0.497 e. The Labute approximate surface area is 328 Å². The molecule has 0 fully saturated rings. The number of aryl methyl sites for hydroxylation is 1. The van der Waals surface area contributed by atoms with Crippen LogP contribution in [0.5, 0.6) is 11.5 Å². The van der Waals surface area contributed by atoms with E-state index >= 15 is 0 Å². The van der Waals surface area contributed by atoms with Crippen molar-refractivity contribution in [3.05, 3.63) is 120 Å². The van der Waals surface area contributed by atoms with E-state index in [4.69, 9.17) is 9.47 Å². The Bertz CT molecular complexity index is 2540. The lowest BCUT2D eigenvalue weighted by molar-refractivity contribution is -0.135. The predicted molar refractivity (Wildman–Crippen MR) is 209 cm³/mol. The number of anilines is 2. The minimum absolute atomic E-state index is 0.0160. The molecule has 57 heavy (non-hydrogen) atoms. The fourth-order valence-corrected chi connectivity index (χ4v) is 9.80. The fraction of sp³-hybridized carbons (Fsp3) is 0.200. The molecule has 2 amide bonds. The lowest BCUT2D eigenvalue weighted by Gasteiger charge is -2.33. The van der Waals surface area contributed by atoms with Gasteiger partial charge < -0.3 is 24.5 Å².